The van der Waals surface area contributed by atoms with Gasteiger partial charge in [-0.05, 0) is 57.9 Å². The predicted molar refractivity (Wildman–Crippen MR) is 90.3 cm³/mol. The number of hydrogen-bond donors (Lipinski definition) is 2. The molecule has 0 radical (unpaired) electrons. The molecule has 0 spiro atoms. The zero-order valence-corrected chi connectivity index (χ0v) is 13.9. The maximum absolute atomic E-state index is 12.3. The first kappa shape index (κ1) is 16.8. The van der Waals surface area contributed by atoms with E-state index >= 15 is 0 Å². The van der Waals surface area contributed by atoms with Gasteiger partial charge >= 0.3 is 0 Å². The second kappa shape index (κ2) is 7.63. The van der Waals surface area contributed by atoms with Crippen LogP contribution in [0.4, 0.5) is 5.69 Å². The zero-order valence-electron chi connectivity index (χ0n) is 13.9. The van der Waals surface area contributed by atoms with Crippen molar-refractivity contribution in [3.63, 3.8) is 0 Å². The average molecular weight is 304 g/mol. The van der Waals surface area contributed by atoms with Crippen molar-refractivity contribution in [3.8, 4) is 0 Å². The number of hydrogen-bond acceptors (Lipinski definition) is 3. The summed E-state index contributed by atoms with van der Waals surface area (Å²) in [5.74, 6) is -0.0925. The van der Waals surface area contributed by atoms with Crippen LogP contribution in [-0.4, -0.2) is 35.7 Å². The van der Waals surface area contributed by atoms with Crippen LogP contribution < -0.4 is 10.2 Å². The molecule has 2 unspecified atom stereocenters. The van der Waals surface area contributed by atoms with Crippen LogP contribution in [-0.2, 0) is 0 Å². The topological polar surface area (TPSA) is 52.6 Å². The molecule has 0 saturated heterocycles. The molecule has 2 rings (SSSR count). The highest BCUT2D eigenvalue weighted by atomic mass is 16.3. The Labute approximate surface area is 133 Å². The van der Waals surface area contributed by atoms with Crippen LogP contribution in [0.25, 0.3) is 0 Å². The number of carbonyl (C=O) groups is 1. The Morgan fingerprint density at radius 3 is 2.45 bits per heavy atom. The summed E-state index contributed by atoms with van der Waals surface area (Å²) >= 11 is 0. The van der Waals surface area contributed by atoms with Gasteiger partial charge in [-0.3, -0.25) is 4.79 Å². The molecule has 122 valence electrons. The first-order valence-corrected chi connectivity index (χ1v) is 8.38. The lowest BCUT2D eigenvalue weighted by molar-refractivity contribution is 0.0717. The minimum Gasteiger partial charge on any atom is -0.391 e. The van der Waals surface area contributed by atoms with Crippen molar-refractivity contribution in [1.82, 2.24) is 5.32 Å². The Morgan fingerprint density at radius 2 is 1.91 bits per heavy atom. The van der Waals surface area contributed by atoms with E-state index in [0.717, 1.165) is 37.9 Å². The summed E-state index contributed by atoms with van der Waals surface area (Å²) < 4.78 is 0. The molecule has 1 aliphatic carbocycles. The summed E-state index contributed by atoms with van der Waals surface area (Å²) in [6.07, 6.45) is 3.35. The van der Waals surface area contributed by atoms with Crippen LogP contribution in [0.2, 0.25) is 0 Å². The summed E-state index contributed by atoms with van der Waals surface area (Å²) in [6.45, 7) is 7.39. The fraction of sp³-hybridized carbons (Fsp3) is 0.611. The van der Waals surface area contributed by atoms with Crippen molar-refractivity contribution in [2.75, 3.05) is 11.4 Å². The van der Waals surface area contributed by atoms with E-state index in [2.05, 4.69) is 31.0 Å². The van der Waals surface area contributed by atoms with Gasteiger partial charge in [0.25, 0.3) is 5.91 Å². The largest absolute Gasteiger partial charge is 0.391 e. The van der Waals surface area contributed by atoms with Gasteiger partial charge in [-0.1, -0.05) is 12.8 Å². The van der Waals surface area contributed by atoms with Gasteiger partial charge in [0, 0.05) is 23.8 Å². The van der Waals surface area contributed by atoms with Crippen LogP contribution in [0.15, 0.2) is 24.3 Å². The standard InChI is InChI=1S/C18H28N2O2/c1-4-20(13(2)3)15-11-9-14(10-12-15)18(22)19-16-7-5-6-8-17(16)21/h9-13,16-17,21H,4-8H2,1-3H3,(H,19,22). The van der Waals surface area contributed by atoms with Crippen LogP contribution in [0.3, 0.4) is 0 Å². The number of benzene rings is 1. The quantitative estimate of drug-likeness (QED) is 0.879. The number of aliphatic hydroxyl groups excluding tert-OH is 1. The van der Waals surface area contributed by atoms with Crippen LogP contribution in [0.5, 0.6) is 0 Å². The summed E-state index contributed by atoms with van der Waals surface area (Å²) in [6, 6.07) is 8.05. The van der Waals surface area contributed by atoms with Crippen LogP contribution in [0, 0.1) is 0 Å². The third kappa shape index (κ3) is 4.01. The second-order valence-electron chi connectivity index (χ2n) is 6.36. The van der Waals surface area contributed by atoms with Gasteiger partial charge in [-0.2, -0.15) is 0 Å². The molecule has 1 aliphatic rings. The molecule has 1 aromatic rings. The van der Waals surface area contributed by atoms with Crippen LogP contribution in [0.1, 0.15) is 56.8 Å². The molecule has 4 nitrogen and oxygen atoms in total. The van der Waals surface area contributed by atoms with Crippen LogP contribution >= 0.6 is 0 Å². The Morgan fingerprint density at radius 1 is 1.27 bits per heavy atom. The fourth-order valence-corrected chi connectivity index (χ4v) is 3.18. The van der Waals surface area contributed by atoms with Crippen molar-refractivity contribution >= 4 is 11.6 Å². The van der Waals surface area contributed by atoms with Crippen molar-refractivity contribution < 1.29 is 9.90 Å². The minimum absolute atomic E-state index is 0.0925. The Kier molecular flexibility index (Phi) is 5.83. The molecular weight excluding hydrogens is 276 g/mol. The van der Waals surface area contributed by atoms with Gasteiger partial charge in [0.15, 0.2) is 0 Å². The number of amides is 1. The number of carbonyl (C=O) groups excluding carboxylic acids is 1. The molecule has 22 heavy (non-hydrogen) atoms. The van der Waals surface area contributed by atoms with Gasteiger partial charge in [0.05, 0.1) is 12.1 Å². The molecular formula is C18H28N2O2. The molecule has 0 bridgehead atoms. The molecule has 0 aliphatic heterocycles. The summed E-state index contributed by atoms with van der Waals surface area (Å²) in [4.78, 5) is 14.6. The van der Waals surface area contributed by atoms with Gasteiger partial charge in [0.2, 0.25) is 0 Å². The smallest absolute Gasteiger partial charge is 0.251 e. The summed E-state index contributed by atoms with van der Waals surface area (Å²) in [5.41, 5.74) is 1.79. The van der Waals surface area contributed by atoms with Gasteiger partial charge < -0.3 is 15.3 Å². The molecule has 1 aromatic carbocycles. The molecule has 0 aromatic heterocycles. The molecule has 2 N–H and O–H groups in total. The normalized spacial score (nSPS) is 21.7. The monoisotopic (exact) mass is 304 g/mol. The lowest BCUT2D eigenvalue weighted by Gasteiger charge is -2.29. The maximum atomic E-state index is 12.3. The third-order valence-corrected chi connectivity index (χ3v) is 4.47. The fourth-order valence-electron chi connectivity index (χ4n) is 3.18. The van der Waals surface area contributed by atoms with E-state index in [0.29, 0.717) is 11.6 Å². The first-order chi connectivity index (χ1) is 10.5. The average Bonchev–Trinajstić information content (AvgIpc) is 2.50. The Bertz CT molecular complexity index is 484. The van der Waals surface area contributed by atoms with Crippen molar-refractivity contribution in [2.24, 2.45) is 0 Å². The highest BCUT2D eigenvalue weighted by Gasteiger charge is 2.24. The van der Waals surface area contributed by atoms with Crippen molar-refractivity contribution in [2.45, 2.75) is 64.6 Å². The SMILES string of the molecule is CCN(c1ccc(C(=O)NC2CCCCC2O)cc1)C(C)C. The highest BCUT2D eigenvalue weighted by Crippen LogP contribution is 2.20. The zero-order chi connectivity index (χ0) is 16.1. The third-order valence-electron chi connectivity index (χ3n) is 4.47. The van der Waals surface area contributed by atoms with E-state index in [4.69, 9.17) is 0 Å². The van der Waals surface area contributed by atoms with E-state index in [1.165, 1.54) is 0 Å². The Hall–Kier alpha value is -1.55. The van der Waals surface area contributed by atoms with E-state index in [1.807, 2.05) is 24.3 Å². The summed E-state index contributed by atoms with van der Waals surface area (Å²) in [5, 5.41) is 12.9. The van der Waals surface area contributed by atoms with E-state index < -0.39 is 6.10 Å². The number of nitrogens with one attached hydrogen (secondary N) is 1. The highest BCUT2D eigenvalue weighted by molar-refractivity contribution is 5.94. The maximum Gasteiger partial charge on any atom is 0.251 e. The van der Waals surface area contributed by atoms with Crippen molar-refractivity contribution in [3.05, 3.63) is 29.8 Å². The number of nitrogens with zero attached hydrogens (tertiary/aromatic N) is 1. The Balaban J connectivity index is 2.01. The molecule has 2 atom stereocenters. The number of anilines is 1. The lowest BCUT2D eigenvalue weighted by Crippen LogP contribution is -2.45. The minimum atomic E-state index is -0.409. The van der Waals surface area contributed by atoms with E-state index in [9.17, 15) is 9.90 Å². The van der Waals surface area contributed by atoms with Gasteiger partial charge in [-0.25, -0.2) is 0 Å². The molecule has 1 fully saturated rings. The number of rotatable bonds is 5. The summed E-state index contributed by atoms with van der Waals surface area (Å²) in [7, 11) is 0. The van der Waals surface area contributed by atoms with Gasteiger partial charge in [0.1, 0.15) is 0 Å². The lowest BCUT2D eigenvalue weighted by atomic mass is 9.92. The van der Waals surface area contributed by atoms with Crippen molar-refractivity contribution in [1.29, 1.82) is 0 Å². The van der Waals surface area contributed by atoms with Gasteiger partial charge in [-0.15, -0.1) is 0 Å². The predicted octanol–water partition coefficient (Wildman–Crippen LogP) is 2.95. The molecule has 1 amide bonds. The molecule has 0 heterocycles. The first-order valence-electron chi connectivity index (χ1n) is 8.38. The second-order valence-corrected chi connectivity index (χ2v) is 6.36. The van der Waals surface area contributed by atoms with E-state index in [1.54, 1.807) is 0 Å². The number of aliphatic hydroxyl groups is 1. The van der Waals surface area contributed by atoms with E-state index in [-0.39, 0.29) is 11.9 Å². The molecule has 1 saturated carbocycles. The molecule has 4 heteroatoms.